The predicted octanol–water partition coefficient (Wildman–Crippen LogP) is 3.73. The van der Waals surface area contributed by atoms with Crippen LogP contribution in [0.1, 0.15) is 43.0 Å². The molecule has 158 valence electrons. The number of ether oxygens (including phenoxy) is 1. The van der Waals surface area contributed by atoms with Crippen LogP contribution in [0.15, 0.2) is 42.5 Å². The van der Waals surface area contributed by atoms with Crippen molar-refractivity contribution in [3.8, 4) is 5.75 Å². The van der Waals surface area contributed by atoms with Crippen LogP contribution in [-0.4, -0.2) is 33.7 Å². The molecule has 0 aromatic heterocycles. The lowest BCUT2D eigenvalue weighted by molar-refractivity contribution is -0.122. The summed E-state index contributed by atoms with van der Waals surface area (Å²) in [4.78, 5) is 13.1. The van der Waals surface area contributed by atoms with E-state index in [0.717, 1.165) is 22.9 Å². The fourth-order valence-electron chi connectivity index (χ4n) is 3.42. The molecule has 2 rings (SSSR count). The van der Waals surface area contributed by atoms with E-state index in [1.807, 2.05) is 39.0 Å². The molecule has 7 heteroatoms. The molecule has 2 aromatic rings. The van der Waals surface area contributed by atoms with E-state index in [4.69, 9.17) is 4.74 Å². The van der Waals surface area contributed by atoms with Crippen molar-refractivity contribution in [3.05, 3.63) is 59.2 Å². The first kappa shape index (κ1) is 22.7. The van der Waals surface area contributed by atoms with Crippen LogP contribution in [0.3, 0.4) is 0 Å². The number of hydrogen-bond donors (Lipinski definition) is 1. The Morgan fingerprint density at radius 3 is 2.45 bits per heavy atom. The van der Waals surface area contributed by atoms with Gasteiger partial charge in [-0.15, -0.1) is 0 Å². The molecule has 2 atom stereocenters. The molecule has 6 nitrogen and oxygen atoms in total. The summed E-state index contributed by atoms with van der Waals surface area (Å²) in [7, 11) is -2.18. The van der Waals surface area contributed by atoms with Gasteiger partial charge in [0.15, 0.2) is 0 Å². The van der Waals surface area contributed by atoms with Crippen molar-refractivity contribution in [3.63, 3.8) is 0 Å². The summed E-state index contributed by atoms with van der Waals surface area (Å²) in [5.41, 5.74) is 3.59. The zero-order valence-corrected chi connectivity index (χ0v) is 18.7. The Kier molecular flexibility index (Phi) is 7.30. The van der Waals surface area contributed by atoms with Gasteiger partial charge in [-0.3, -0.25) is 9.10 Å². The van der Waals surface area contributed by atoms with E-state index in [0.29, 0.717) is 17.9 Å². The van der Waals surface area contributed by atoms with Crippen molar-refractivity contribution in [1.29, 1.82) is 0 Å². The van der Waals surface area contributed by atoms with Gasteiger partial charge in [-0.25, -0.2) is 8.42 Å². The molecule has 0 fully saturated rings. The van der Waals surface area contributed by atoms with Gasteiger partial charge < -0.3 is 10.1 Å². The lowest BCUT2D eigenvalue weighted by Crippen LogP contribution is -2.49. The quantitative estimate of drug-likeness (QED) is 0.709. The molecule has 0 saturated carbocycles. The second kappa shape index (κ2) is 9.31. The summed E-state index contributed by atoms with van der Waals surface area (Å²) in [6.07, 6.45) is 1.44. The number of benzene rings is 2. The van der Waals surface area contributed by atoms with Crippen LogP contribution in [0.4, 0.5) is 5.69 Å². The maximum Gasteiger partial charge on any atom is 0.244 e. The molecule has 1 amide bonds. The van der Waals surface area contributed by atoms with E-state index in [2.05, 4.69) is 5.32 Å². The first-order chi connectivity index (χ1) is 13.6. The third-order valence-corrected chi connectivity index (χ3v) is 6.08. The van der Waals surface area contributed by atoms with Gasteiger partial charge in [0, 0.05) is 6.07 Å². The predicted molar refractivity (Wildman–Crippen MR) is 117 cm³/mol. The highest BCUT2D eigenvalue weighted by molar-refractivity contribution is 7.92. The van der Waals surface area contributed by atoms with Crippen LogP contribution in [0, 0.1) is 13.8 Å². The first-order valence-electron chi connectivity index (χ1n) is 9.59. The lowest BCUT2D eigenvalue weighted by atomic mass is 9.99. The monoisotopic (exact) mass is 418 g/mol. The second-order valence-corrected chi connectivity index (χ2v) is 9.13. The third-order valence-electron chi connectivity index (χ3n) is 4.90. The average molecular weight is 419 g/mol. The molecule has 0 aliphatic heterocycles. The summed E-state index contributed by atoms with van der Waals surface area (Å²) >= 11 is 0. The minimum absolute atomic E-state index is 0.247. The Balaban J connectivity index is 2.36. The van der Waals surface area contributed by atoms with Gasteiger partial charge in [0.1, 0.15) is 11.8 Å². The van der Waals surface area contributed by atoms with Crippen LogP contribution in [-0.2, 0) is 14.8 Å². The molecule has 2 aromatic carbocycles. The van der Waals surface area contributed by atoms with E-state index in [1.54, 1.807) is 31.2 Å². The molecule has 29 heavy (non-hydrogen) atoms. The normalized spacial score (nSPS) is 13.4. The highest BCUT2D eigenvalue weighted by Crippen LogP contribution is 2.27. The Bertz CT molecular complexity index is 973. The van der Waals surface area contributed by atoms with Gasteiger partial charge in [0.25, 0.3) is 0 Å². The van der Waals surface area contributed by atoms with Crippen LogP contribution in [0.5, 0.6) is 5.75 Å². The van der Waals surface area contributed by atoms with Crippen LogP contribution < -0.4 is 14.4 Å². The number of rotatable bonds is 8. The Morgan fingerprint density at radius 2 is 1.86 bits per heavy atom. The molecule has 0 aliphatic carbocycles. The highest BCUT2D eigenvalue weighted by Gasteiger charge is 2.32. The van der Waals surface area contributed by atoms with Gasteiger partial charge in [-0.2, -0.15) is 0 Å². The third kappa shape index (κ3) is 5.50. The van der Waals surface area contributed by atoms with Crippen molar-refractivity contribution in [2.24, 2.45) is 0 Å². The maximum absolute atomic E-state index is 13.1. The van der Waals surface area contributed by atoms with Crippen molar-refractivity contribution in [1.82, 2.24) is 5.32 Å². The molecule has 1 N–H and O–H groups in total. The lowest BCUT2D eigenvalue weighted by Gasteiger charge is -2.31. The van der Waals surface area contributed by atoms with Gasteiger partial charge in [0.05, 0.1) is 25.1 Å². The van der Waals surface area contributed by atoms with Gasteiger partial charge in [-0.1, -0.05) is 36.8 Å². The second-order valence-electron chi connectivity index (χ2n) is 7.27. The van der Waals surface area contributed by atoms with Crippen molar-refractivity contribution >= 4 is 21.6 Å². The zero-order chi connectivity index (χ0) is 21.8. The number of hydrogen-bond acceptors (Lipinski definition) is 4. The summed E-state index contributed by atoms with van der Waals surface area (Å²) in [6.45, 7) is 7.70. The van der Waals surface area contributed by atoms with Crippen LogP contribution in [0.25, 0.3) is 0 Å². The topological polar surface area (TPSA) is 75.7 Å². The zero-order valence-electron chi connectivity index (χ0n) is 17.9. The van der Waals surface area contributed by atoms with E-state index in [1.165, 1.54) is 11.4 Å². The minimum Gasteiger partial charge on any atom is -0.497 e. The molecule has 0 spiro atoms. The molecule has 0 bridgehead atoms. The number of anilines is 1. The molecule has 0 radical (unpaired) electrons. The van der Waals surface area contributed by atoms with Gasteiger partial charge in [0.2, 0.25) is 15.9 Å². The van der Waals surface area contributed by atoms with Gasteiger partial charge in [-0.05, 0) is 50.5 Å². The van der Waals surface area contributed by atoms with Crippen molar-refractivity contribution in [2.75, 3.05) is 17.7 Å². The number of carbonyl (C=O) groups excluding carboxylic acids is 1. The Labute approximate surface area is 173 Å². The molecule has 0 heterocycles. The SMILES string of the molecule is CC[C@@H](C(=O)N[C@H](C)c1cc(C)ccc1C)N(c1cccc(OC)c1)S(C)(=O)=O. The van der Waals surface area contributed by atoms with Crippen LogP contribution in [0.2, 0.25) is 0 Å². The van der Waals surface area contributed by atoms with Gasteiger partial charge >= 0.3 is 0 Å². The molecule has 0 unspecified atom stereocenters. The Hall–Kier alpha value is -2.54. The maximum atomic E-state index is 13.1. The molecule has 0 saturated heterocycles. The number of nitrogens with one attached hydrogen (secondary N) is 1. The number of carbonyl (C=O) groups is 1. The largest absolute Gasteiger partial charge is 0.497 e. The summed E-state index contributed by atoms with van der Waals surface area (Å²) in [6, 6.07) is 11.7. The molecular formula is C22H30N2O4S. The van der Waals surface area contributed by atoms with E-state index in [-0.39, 0.29) is 11.9 Å². The standard InChI is InChI=1S/C22H30N2O4S/c1-7-21(22(25)23-17(4)20-13-15(2)11-12-16(20)3)24(29(6,26)27)18-9-8-10-19(14-18)28-5/h8-14,17,21H,7H2,1-6H3,(H,23,25)/t17-,21+/m1/s1. The highest BCUT2D eigenvalue weighted by atomic mass is 32.2. The fourth-order valence-corrected chi connectivity index (χ4v) is 4.63. The minimum atomic E-state index is -3.70. The number of amides is 1. The summed E-state index contributed by atoms with van der Waals surface area (Å²) in [5, 5.41) is 2.99. The van der Waals surface area contributed by atoms with E-state index < -0.39 is 16.1 Å². The summed E-state index contributed by atoms with van der Waals surface area (Å²) in [5.74, 6) is 0.185. The van der Waals surface area contributed by atoms with Crippen LogP contribution >= 0.6 is 0 Å². The first-order valence-corrected chi connectivity index (χ1v) is 11.4. The molecule has 0 aliphatic rings. The average Bonchev–Trinajstić information content (AvgIpc) is 2.66. The smallest absolute Gasteiger partial charge is 0.244 e. The fraction of sp³-hybridized carbons (Fsp3) is 0.409. The number of nitrogens with zero attached hydrogens (tertiary/aromatic N) is 1. The molecular weight excluding hydrogens is 388 g/mol. The number of methoxy groups -OCH3 is 1. The number of aryl methyl sites for hydroxylation is 2. The number of sulfonamides is 1. The van der Waals surface area contributed by atoms with Crippen molar-refractivity contribution in [2.45, 2.75) is 46.2 Å². The van der Waals surface area contributed by atoms with Crippen molar-refractivity contribution < 1.29 is 17.9 Å². The van der Waals surface area contributed by atoms with E-state index >= 15 is 0 Å². The van der Waals surface area contributed by atoms with E-state index in [9.17, 15) is 13.2 Å². The Morgan fingerprint density at radius 1 is 1.17 bits per heavy atom. The summed E-state index contributed by atoms with van der Waals surface area (Å²) < 4.78 is 31.6.